The monoisotopic (exact) mass is 438 g/mol. The largest absolute Gasteiger partial charge is 0.444 e. The van der Waals surface area contributed by atoms with Crippen molar-refractivity contribution >= 4 is 17.8 Å². The Hall–Kier alpha value is -3.09. The summed E-state index contributed by atoms with van der Waals surface area (Å²) in [5.41, 5.74) is 2.77. The average Bonchev–Trinajstić information content (AvgIpc) is 2.98. The van der Waals surface area contributed by atoms with Gasteiger partial charge in [-0.25, -0.2) is 9.59 Å². The molecule has 0 saturated carbocycles. The van der Waals surface area contributed by atoms with Crippen LogP contribution in [0.1, 0.15) is 57.6 Å². The lowest BCUT2D eigenvalue weighted by atomic mass is 9.91. The highest BCUT2D eigenvalue weighted by atomic mass is 16.6. The predicted octanol–water partition coefficient (Wildman–Crippen LogP) is 4.81. The van der Waals surface area contributed by atoms with Gasteiger partial charge in [0.1, 0.15) is 5.60 Å². The Labute approximate surface area is 190 Å². The summed E-state index contributed by atoms with van der Waals surface area (Å²) in [6.45, 7) is 12.4. The fourth-order valence-electron chi connectivity index (χ4n) is 3.90. The number of pyridine rings is 1. The number of likely N-dealkylation sites (N-methyl/N-ethyl adjacent to an activating group) is 1. The summed E-state index contributed by atoms with van der Waals surface area (Å²) in [4.78, 5) is 33.9. The highest BCUT2D eigenvalue weighted by Crippen LogP contribution is 2.39. The van der Waals surface area contributed by atoms with Gasteiger partial charge in [0.15, 0.2) is 0 Å². The van der Waals surface area contributed by atoms with Crippen molar-refractivity contribution in [1.82, 2.24) is 15.2 Å². The van der Waals surface area contributed by atoms with Crippen LogP contribution >= 0.6 is 0 Å². The molecule has 7 nitrogen and oxygen atoms in total. The van der Waals surface area contributed by atoms with Crippen LogP contribution in [0.15, 0.2) is 42.5 Å². The summed E-state index contributed by atoms with van der Waals surface area (Å²) in [6, 6.07) is 12.9. The fourth-order valence-corrected chi connectivity index (χ4v) is 3.90. The zero-order valence-corrected chi connectivity index (χ0v) is 20.1. The number of urea groups is 1. The molecule has 0 saturated heterocycles. The predicted molar refractivity (Wildman–Crippen MR) is 126 cm³/mol. The average molecular weight is 439 g/mol. The maximum atomic E-state index is 13.2. The second-order valence-electron chi connectivity index (χ2n) is 9.99. The number of ether oxygens (including phenoxy) is 1. The molecular weight excluding hydrogens is 404 g/mol. The molecule has 0 fully saturated rings. The zero-order chi connectivity index (χ0) is 23.7. The molecule has 32 heavy (non-hydrogen) atoms. The number of aryl methyl sites for hydroxylation is 1. The first kappa shape index (κ1) is 23.6. The van der Waals surface area contributed by atoms with Gasteiger partial charge in [0, 0.05) is 31.2 Å². The van der Waals surface area contributed by atoms with Gasteiger partial charge in [-0.1, -0.05) is 44.2 Å². The molecule has 2 aromatic rings. The van der Waals surface area contributed by atoms with Gasteiger partial charge in [0.2, 0.25) is 0 Å². The number of benzene rings is 1. The van der Waals surface area contributed by atoms with Crippen molar-refractivity contribution in [3.63, 3.8) is 0 Å². The van der Waals surface area contributed by atoms with E-state index in [9.17, 15) is 9.59 Å². The van der Waals surface area contributed by atoms with Crippen molar-refractivity contribution in [1.29, 1.82) is 0 Å². The lowest BCUT2D eigenvalue weighted by Gasteiger charge is -2.31. The number of carbonyl (C=O) groups is 2. The van der Waals surface area contributed by atoms with Gasteiger partial charge in [-0.05, 0) is 45.4 Å². The number of hydrogen-bond donors (Lipinski definition) is 1. The Morgan fingerprint density at radius 2 is 1.84 bits per heavy atom. The molecule has 1 atom stereocenters. The second-order valence-corrected chi connectivity index (χ2v) is 9.99. The van der Waals surface area contributed by atoms with Gasteiger partial charge in [0.05, 0.1) is 17.4 Å². The van der Waals surface area contributed by atoms with Gasteiger partial charge in [-0.2, -0.15) is 0 Å². The lowest BCUT2D eigenvalue weighted by molar-refractivity contribution is 0.0220. The molecule has 0 unspecified atom stereocenters. The van der Waals surface area contributed by atoms with E-state index >= 15 is 0 Å². The quantitative estimate of drug-likeness (QED) is 0.744. The van der Waals surface area contributed by atoms with Crippen LogP contribution in [0.5, 0.6) is 0 Å². The van der Waals surface area contributed by atoms with Crippen LogP contribution in [0, 0.1) is 6.92 Å². The molecule has 1 N–H and O–H groups in total. The second kappa shape index (κ2) is 8.81. The van der Waals surface area contributed by atoms with Crippen LogP contribution in [0.25, 0.3) is 0 Å². The van der Waals surface area contributed by atoms with Crippen LogP contribution in [0.2, 0.25) is 0 Å². The maximum Gasteiger partial charge on any atom is 0.410 e. The maximum absolute atomic E-state index is 13.2. The van der Waals surface area contributed by atoms with E-state index in [1.807, 2.05) is 70.2 Å². The van der Waals surface area contributed by atoms with Crippen LogP contribution < -0.4 is 10.2 Å². The van der Waals surface area contributed by atoms with E-state index in [1.54, 1.807) is 11.9 Å². The van der Waals surface area contributed by atoms with E-state index in [-0.39, 0.29) is 24.0 Å². The lowest BCUT2D eigenvalue weighted by Crippen LogP contribution is -2.46. The molecular formula is C25H34N4O3. The summed E-state index contributed by atoms with van der Waals surface area (Å²) in [5.74, 6) is 0. The van der Waals surface area contributed by atoms with Crippen LogP contribution in [-0.4, -0.2) is 47.7 Å². The van der Waals surface area contributed by atoms with Crippen LogP contribution in [0.4, 0.5) is 15.3 Å². The Morgan fingerprint density at radius 3 is 2.47 bits per heavy atom. The molecule has 3 amide bonds. The van der Waals surface area contributed by atoms with Crippen molar-refractivity contribution in [2.75, 3.05) is 25.0 Å². The third kappa shape index (κ3) is 5.21. The highest BCUT2D eigenvalue weighted by Gasteiger charge is 2.39. The number of nitrogens with zero attached hydrogens (tertiary/aromatic N) is 3. The number of rotatable bonds is 4. The summed E-state index contributed by atoms with van der Waals surface area (Å²) in [7, 11) is 1.69. The minimum absolute atomic E-state index is 0.207. The van der Waals surface area contributed by atoms with Gasteiger partial charge in [-0.15, -0.1) is 0 Å². The molecule has 0 bridgehead atoms. The Morgan fingerprint density at radius 1 is 1.19 bits per heavy atom. The van der Waals surface area contributed by atoms with E-state index in [1.165, 1.54) is 4.90 Å². The van der Waals surface area contributed by atoms with Crippen LogP contribution in [0.3, 0.4) is 0 Å². The molecule has 0 aliphatic carbocycles. The fraction of sp³-hybridized carbons (Fsp3) is 0.480. The third-order valence-corrected chi connectivity index (χ3v) is 5.52. The Balaban J connectivity index is 1.78. The smallest absolute Gasteiger partial charge is 0.410 e. The number of anilines is 1. The topological polar surface area (TPSA) is 74.8 Å². The van der Waals surface area contributed by atoms with E-state index in [2.05, 4.69) is 24.1 Å². The number of carbonyl (C=O) groups excluding carboxylic acids is 2. The Kier molecular flexibility index (Phi) is 6.49. The molecule has 172 valence electrons. The molecule has 0 spiro atoms. The van der Waals surface area contributed by atoms with Crippen molar-refractivity contribution in [3.05, 3.63) is 59.4 Å². The highest BCUT2D eigenvalue weighted by molar-refractivity contribution is 5.94. The molecule has 2 heterocycles. The summed E-state index contributed by atoms with van der Waals surface area (Å²) < 4.78 is 5.55. The number of nitrogens with one attached hydrogen (secondary N) is 1. The number of aromatic nitrogens is 1. The molecule has 1 aromatic carbocycles. The summed E-state index contributed by atoms with van der Waals surface area (Å²) in [5, 5.41) is 3.02. The van der Waals surface area contributed by atoms with Crippen molar-refractivity contribution in [2.24, 2.45) is 0 Å². The molecule has 1 aliphatic heterocycles. The normalized spacial score (nSPS) is 15.7. The zero-order valence-electron chi connectivity index (χ0n) is 20.1. The van der Waals surface area contributed by atoms with Crippen molar-refractivity contribution < 1.29 is 14.3 Å². The van der Waals surface area contributed by atoms with E-state index in [4.69, 9.17) is 4.74 Å². The number of hydrogen-bond acceptors (Lipinski definition) is 4. The third-order valence-electron chi connectivity index (χ3n) is 5.52. The van der Waals surface area contributed by atoms with Crippen LogP contribution in [-0.2, 0) is 10.2 Å². The first-order chi connectivity index (χ1) is 14.9. The molecule has 3 rings (SSSR count). The minimum Gasteiger partial charge on any atom is -0.444 e. The first-order valence-electron chi connectivity index (χ1n) is 10.9. The van der Waals surface area contributed by atoms with E-state index < -0.39 is 11.7 Å². The standard InChI is InChI=1S/C25H34N4O3/c1-17-13-14-19-21(27-17)25(5,6)16-29(19)22(30)26-15-20(18-11-9-8-10-12-18)28(7)23(31)32-24(2,3)4/h8-14,20H,15-16H2,1-7H3,(H,26,30)/t20-/m1/s1. The Bertz CT molecular complexity index is 982. The summed E-state index contributed by atoms with van der Waals surface area (Å²) >= 11 is 0. The SMILES string of the molecule is Cc1ccc2c(n1)C(C)(C)CN2C(=O)NC[C@H](c1ccccc1)N(C)C(=O)OC(C)(C)C. The minimum atomic E-state index is -0.605. The summed E-state index contributed by atoms with van der Waals surface area (Å²) in [6.07, 6.45) is -0.437. The van der Waals surface area contributed by atoms with Gasteiger partial charge in [0.25, 0.3) is 0 Å². The van der Waals surface area contributed by atoms with E-state index in [0.717, 1.165) is 22.6 Å². The first-order valence-corrected chi connectivity index (χ1v) is 10.9. The van der Waals surface area contributed by atoms with Crippen molar-refractivity contribution in [2.45, 2.75) is 58.6 Å². The number of amides is 3. The van der Waals surface area contributed by atoms with Gasteiger partial charge in [-0.3, -0.25) is 9.88 Å². The number of fused-ring (bicyclic) bond motifs is 1. The van der Waals surface area contributed by atoms with Crippen molar-refractivity contribution in [3.8, 4) is 0 Å². The molecule has 1 aromatic heterocycles. The molecule has 0 radical (unpaired) electrons. The molecule has 1 aliphatic rings. The molecule has 7 heteroatoms. The van der Waals surface area contributed by atoms with Gasteiger partial charge < -0.3 is 15.0 Å². The van der Waals surface area contributed by atoms with Gasteiger partial charge >= 0.3 is 12.1 Å². The van der Waals surface area contributed by atoms with E-state index in [0.29, 0.717) is 6.54 Å².